The molecule has 2 aromatic carbocycles. The Labute approximate surface area is 135 Å². The molecule has 4 rings (SSSR count). The van der Waals surface area contributed by atoms with Gasteiger partial charge >= 0.3 is 0 Å². The van der Waals surface area contributed by atoms with Gasteiger partial charge in [-0.25, -0.2) is 9.97 Å². The predicted octanol–water partition coefficient (Wildman–Crippen LogP) is 4.70. The summed E-state index contributed by atoms with van der Waals surface area (Å²) in [5.41, 5.74) is 6.87. The Morgan fingerprint density at radius 2 is 1.78 bits per heavy atom. The lowest BCUT2D eigenvalue weighted by molar-refractivity contribution is 1.06. The van der Waals surface area contributed by atoms with E-state index in [-0.39, 0.29) is 0 Å². The topological polar surface area (TPSA) is 30.7 Å². The summed E-state index contributed by atoms with van der Waals surface area (Å²) >= 11 is 0. The summed E-state index contributed by atoms with van der Waals surface area (Å²) in [6.07, 6.45) is 5.53. The summed E-state index contributed by atoms with van der Waals surface area (Å²) in [4.78, 5) is 8.91. The molecule has 0 aliphatic carbocycles. The molecule has 0 aliphatic rings. The van der Waals surface area contributed by atoms with Crippen LogP contribution in [0.5, 0.6) is 0 Å². The fourth-order valence-electron chi connectivity index (χ4n) is 2.75. The molecule has 0 bridgehead atoms. The third-order valence-electron chi connectivity index (χ3n) is 4.28. The predicted molar refractivity (Wildman–Crippen MR) is 93.8 cm³/mol. The monoisotopic (exact) mass is 299 g/mol. The van der Waals surface area contributed by atoms with Gasteiger partial charge in [-0.15, -0.1) is 0 Å². The summed E-state index contributed by atoms with van der Waals surface area (Å²) in [6.45, 7) is 4.27. The third kappa shape index (κ3) is 2.50. The minimum absolute atomic E-state index is 1.00. The summed E-state index contributed by atoms with van der Waals surface area (Å²) in [5, 5.41) is 1.13. The summed E-state index contributed by atoms with van der Waals surface area (Å²) in [5.74, 6) is 0. The van der Waals surface area contributed by atoms with Gasteiger partial charge in [-0.2, -0.15) is 0 Å². The maximum Gasteiger partial charge on any atom is 0.0991 e. The molecule has 0 unspecified atom stereocenters. The van der Waals surface area contributed by atoms with Crippen molar-refractivity contribution in [3.05, 3.63) is 78.4 Å². The Hall–Kier alpha value is -2.94. The Balaban J connectivity index is 1.79. The second kappa shape index (κ2) is 5.36. The van der Waals surface area contributed by atoms with Gasteiger partial charge in [0.2, 0.25) is 0 Å². The largest absolute Gasteiger partial charge is 0.306 e. The number of benzene rings is 2. The van der Waals surface area contributed by atoms with Crippen molar-refractivity contribution in [2.45, 2.75) is 13.8 Å². The molecule has 2 aromatic heterocycles. The van der Waals surface area contributed by atoms with Crippen LogP contribution in [0.4, 0.5) is 0 Å². The van der Waals surface area contributed by atoms with E-state index < -0.39 is 0 Å². The zero-order valence-corrected chi connectivity index (χ0v) is 13.2. The zero-order valence-electron chi connectivity index (χ0n) is 13.2. The van der Waals surface area contributed by atoms with Crippen LogP contribution >= 0.6 is 0 Å². The molecule has 4 aromatic rings. The second-order valence-corrected chi connectivity index (χ2v) is 5.84. The van der Waals surface area contributed by atoms with Gasteiger partial charge < -0.3 is 4.57 Å². The van der Waals surface area contributed by atoms with E-state index >= 15 is 0 Å². The number of aryl methyl sites for hydroxylation is 2. The van der Waals surface area contributed by atoms with E-state index in [0.29, 0.717) is 0 Å². The highest BCUT2D eigenvalue weighted by atomic mass is 15.0. The molecule has 0 atom stereocenters. The molecule has 3 heteroatoms. The van der Waals surface area contributed by atoms with Crippen LogP contribution in [0.15, 0.2) is 67.3 Å². The van der Waals surface area contributed by atoms with Gasteiger partial charge in [0.05, 0.1) is 17.5 Å². The molecule has 0 saturated heterocycles. The average molecular weight is 299 g/mol. The van der Waals surface area contributed by atoms with Crippen molar-refractivity contribution in [1.82, 2.24) is 14.5 Å². The molecule has 0 N–H and O–H groups in total. The molecular formula is C20H17N3. The van der Waals surface area contributed by atoms with Crippen molar-refractivity contribution in [2.75, 3.05) is 0 Å². The highest BCUT2D eigenvalue weighted by Crippen LogP contribution is 2.24. The lowest BCUT2D eigenvalue weighted by atomic mass is 10.0. The highest BCUT2D eigenvalue weighted by Gasteiger charge is 2.04. The van der Waals surface area contributed by atoms with E-state index in [1.807, 2.05) is 10.8 Å². The molecule has 0 aliphatic heterocycles. The minimum atomic E-state index is 1.00. The maximum atomic E-state index is 4.81. The normalized spacial score (nSPS) is 11.0. The number of nitrogens with zero attached hydrogens (tertiary/aromatic N) is 3. The van der Waals surface area contributed by atoms with Gasteiger partial charge in [0.1, 0.15) is 0 Å². The van der Waals surface area contributed by atoms with Crippen LogP contribution in [-0.2, 0) is 0 Å². The summed E-state index contributed by atoms with van der Waals surface area (Å²) in [7, 11) is 0. The molecule has 0 saturated carbocycles. The number of hydrogen-bond donors (Lipinski definition) is 0. The quantitative estimate of drug-likeness (QED) is 0.537. The van der Waals surface area contributed by atoms with Gasteiger partial charge in [-0.05, 0) is 55.3 Å². The van der Waals surface area contributed by atoms with Crippen molar-refractivity contribution < 1.29 is 0 Å². The summed E-state index contributed by atoms with van der Waals surface area (Å²) in [6, 6.07) is 17.0. The molecule has 2 heterocycles. The van der Waals surface area contributed by atoms with Crippen LogP contribution < -0.4 is 0 Å². The first-order valence-corrected chi connectivity index (χ1v) is 7.67. The van der Waals surface area contributed by atoms with Crippen LogP contribution in [0.1, 0.15) is 11.1 Å². The molecular weight excluding hydrogens is 282 g/mol. The van der Waals surface area contributed by atoms with Crippen LogP contribution in [0.2, 0.25) is 0 Å². The molecule has 0 spiro atoms. The van der Waals surface area contributed by atoms with Crippen LogP contribution in [-0.4, -0.2) is 14.5 Å². The van der Waals surface area contributed by atoms with Crippen LogP contribution in [0.25, 0.3) is 27.8 Å². The van der Waals surface area contributed by atoms with Gasteiger partial charge in [0.15, 0.2) is 0 Å². The second-order valence-electron chi connectivity index (χ2n) is 5.84. The van der Waals surface area contributed by atoms with Crippen LogP contribution in [0.3, 0.4) is 0 Å². The molecule has 112 valence electrons. The number of rotatable bonds is 2. The van der Waals surface area contributed by atoms with Crippen molar-refractivity contribution in [3.63, 3.8) is 0 Å². The Bertz CT molecular complexity index is 985. The fraction of sp³-hybridized carbons (Fsp3) is 0.100. The SMILES string of the molecule is Cc1ccc(-c2ccc3cc(-n4ccnc4)ccc3n2)cc1C. The van der Waals surface area contributed by atoms with E-state index in [1.54, 1.807) is 12.5 Å². The number of fused-ring (bicyclic) bond motifs is 1. The maximum absolute atomic E-state index is 4.81. The Morgan fingerprint density at radius 1 is 0.870 bits per heavy atom. The third-order valence-corrected chi connectivity index (χ3v) is 4.28. The minimum Gasteiger partial charge on any atom is -0.306 e. The Morgan fingerprint density at radius 3 is 2.57 bits per heavy atom. The first-order valence-electron chi connectivity index (χ1n) is 7.67. The first kappa shape index (κ1) is 13.7. The van der Waals surface area contributed by atoms with Gasteiger partial charge in [-0.1, -0.05) is 18.2 Å². The average Bonchev–Trinajstić information content (AvgIpc) is 3.11. The van der Waals surface area contributed by atoms with Crippen LogP contribution in [0, 0.1) is 13.8 Å². The Kier molecular flexibility index (Phi) is 3.19. The van der Waals surface area contributed by atoms with Gasteiger partial charge in [0.25, 0.3) is 0 Å². The van der Waals surface area contributed by atoms with Crippen molar-refractivity contribution in [1.29, 1.82) is 0 Å². The van der Waals surface area contributed by atoms with E-state index in [9.17, 15) is 0 Å². The van der Waals surface area contributed by atoms with E-state index in [4.69, 9.17) is 4.98 Å². The highest BCUT2D eigenvalue weighted by molar-refractivity contribution is 5.83. The molecule has 23 heavy (non-hydrogen) atoms. The van der Waals surface area contributed by atoms with Gasteiger partial charge in [-0.3, -0.25) is 0 Å². The van der Waals surface area contributed by atoms with E-state index in [0.717, 1.165) is 27.8 Å². The lowest BCUT2D eigenvalue weighted by Gasteiger charge is -2.08. The number of aromatic nitrogens is 3. The van der Waals surface area contributed by atoms with Gasteiger partial charge in [0, 0.05) is 29.0 Å². The standard InChI is InChI=1S/C20H17N3/c1-14-3-4-16(11-15(14)2)19-7-5-17-12-18(6-8-20(17)22-19)23-10-9-21-13-23/h3-13H,1-2H3. The van der Waals surface area contributed by atoms with E-state index in [2.05, 4.69) is 67.4 Å². The number of imidazole rings is 1. The van der Waals surface area contributed by atoms with Crippen molar-refractivity contribution in [2.24, 2.45) is 0 Å². The molecule has 3 nitrogen and oxygen atoms in total. The molecule has 0 fully saturated rings. The zero-order chi connectivity index (χ0) is 15.8. The lowest BCUT2D eigenvalue weighted by Crippen LogP contribution is -1.91. The van der Waals surface area contributed by atoms with Crippen molar-refractivity contribution in [3.8, 4) is 16.9 Å². The fourth-order valence-corrected chi connectivity index (χ4v) is 2.75. The first-order chi connectivity index (χ1) is 11.2. The molecule has 0 radical (unpaired) electrons. The number of pyridine rings is 1. The number of hydrogen-bond acceptors (Lipinski definition) is 2. The van der Waals surface area contributed by atoms with E-state index in [1.165, 1.54) is 11.1 Å². The molecule has 0 amide bonds. The summed E-state index contributed by atoms with van der Waals surface area (Å²) < 4.78 is 2.00. The smallest absolute Gasteiger partial charge is 0.0991 e. The van der Waals surface area contributed by atoms with Crippen molar-refractivity contribution >= 4 is 10.9 Å².